The molecule has 0 saturated carbocycles. The van der Waals surface area contributed by atoms with E-state index in [9.17, 15) is 4.79 Å². The highest BCUT2D eigenvalue weighted by atomic mass is 32.1. The first-order valence-corrected chi connectivity index (χ1v) is 25.7. The van der Waals surface area contributed by atoms with Gasteiger partial charge >= 0.3 is 5.97 Å². The van der Waals surface area contributed by atoms with E-state index in [2.05, 4.69) is 112 Å². The van der Waals surface area contributed by atoms with Crippen molar-refractivity contribution in [1.82, 2.24) is 4.98 Å². The average Bonchev–Trinajstić information content (AvgIpc) is 3.37. The quantitative estimate of drug-likeness (QED) is 0.159. The molecule has 6 nitrogen and oxygen atoms in total. The Kier molecular flexibility index (Phi) is 14.2. The molecule has 0 N–H and O–H groups in total. The number of Topliss-reactive ketones (excluding diaryl/α,β-unsaturated/α-hetero) is 1. The van der Waals surface area contributed by atoms with Crippen molar-refractivity contribution in [1.29, 1.82) is 0 Å². The molecule has 0 bridgehead atoms. The van der Waals surface area contributed by atoms with Crippen LogP contribution >= 0.6 is 11.3 Å². The zero-order valence-electron chi connectivity index (χ0n) is 34.6. The Hall–Kier alpha value is -1.92. The van der Waals surface area contributed by atoms with Crippen LogP contribution in [0.3, 0.4) is 0 Å². The summed E-state index contributed by atoms with van der Waals surface area (Å²) in [6, 6.07) is 6.19. The summed E-state index contributed by atoms with van der Waals surface area (Å²) in [5.41, 5.74) is 2.11. The number of carbonyl (C=O) groups is 2. The molecule has 286 valence electrons. The van der Waals surface area contributed by atoms with E-state index < -0.39 is 40.2 Å². The van der Waals surface area contributed by atoms with Crippen LogP contribution in [-0.2, 0) is 23.2 Å². The van der Waals surface area contributed by atoms with Gasteiger partial charge in [-0.3, -0.25) is 9.59 Å². The molecule has 0 fully saturated rings. The minimum absolute atomic E-state index is 0.0181. The average molecular weight is 756 g/mol. The molecule has 0 radical (unpaired) electrons. The van der Waals surface area contributed by atoms with Crippen LogP contribution in [0.2, 0.25) is 36.3 Å². The van der Waals surface area contributed by atoms with Crippen LogP contribution in [-0.4, -0.2) is 45.6 Å². The van der Waals surface area contributed by atoms with Crippen LogP contribution in [0.25, 0.3) is 10.2 Å². The van der Waals surface area contributed by atoms with Crippen LogP contribution in [0.1, 0.15) is 124 Å². The number of nitrogens with zero attached hydrogens (tertiary/aromatic N) is 1. The monoisotopic (exact) mass is 755 g/mol. The molecule has 1 aliphatic heterocycles. The third-order valence-corrected chi connectivity index (χ3v) is 22.0. The van der Waals surface area contributed by atoms with Gasteiger partial charge in [0.1, 0.15) is 11.9 Å². The summed E-state index contributed by atoms with van der Waals surface area (Å²) < 4.78 is 21.9. The smallest absolute Gasteiger partial charge is 0.309 e. The second-order valence-corrected chi connectivity index (χ2v) is 29.5. The van der Waals surface area contributed by atoms with Crippen molar-refractivity contribution >= 4 is 49.9 Å². The number of aromatic nitrogens is 1. The number of esters is 1. The minimum atomic E-state index is -2.44. The van der Waals surface area contributed by atoms with Gasteiger partial charge in [-0.15, -0.1) is 17.9 Å². The summed E-state index contributed by atoms with van der Waals surface area (Å²) in [7, 11) is -4.70. The lowest BCUT2D eigenvalue weighted by Gasteiger charge is -2.47. The zero-order valence-corrected chi connectivity index (χ0v) is 37.4. The number of rotatable bonds is 7. The standard InChI is InChI=1S/C42H69NO5SSi2/c1-17-19-32-38(48-51(15,16)41(8,9)10)29(3)21-18-20-28(2)22-24-34(31-23-25-35-33(26-31)43-30(4)49-35)46-37(44)27-36(42(11,12)39(32)45)47-50(13,14)40(5,6)7/h17,22-23,25-26,29,32,34,36,38H,1,18-21,24,27H2,2-16H3/b28-22+/t29-,32+,34-,36-,38-/m0/s1. The molecule has 9 heteroatoms. The van der Waals surface area contributed by atoms with Crippen molar-refractivity contribution in [2.24, 2.45) is 17.3 Å². The molecule has 5 atom stereocenters. The molecule has 51 heavy (non-hydrogen) atoms. The van der Waals surface area contributed by atoms with Gasteiger partial charge < -0.3 is 13.6 Å². The highest BCUT2D eigenvalue weighted by molar-refractivity contribution is 7.18. The van der Waals surface area contributed by atoms with Crippen molar-refractivity contribution in [3.63, 3.8) is 0 Å². The van der Waals surface area contributed by atoms with E-state index in [-0.39, 0.29) is 40.3 Å². The third kappa shape index (κ3) is 10.8. The van der Waals surface area contributed by atoms with Gasteiger partial charge in [0.25, 0.3) is 0 Å². The fourth-order valence-corrected chi connectivity index (χ4v) is 10.1. The van der Waals surface area contributed by atoms with Crippen molar-refractivity contribution in [3.8, 4) is 0 Å². The van der Waals surface area contributed by atoms with E-state index in [4.69, 9.17) is 18.6 Å². The molecule has 0 saturated heterocycles. The second-order valence-electron chi connectivity index (χ2n) is 18.7. The number of aryl methyl sites for hydroxylation is 1. The summed E-state index contributed by atoms with van der Waals surface area (Å²) in [6.45, 7) is 36.7. The Morgan fingerprint density at radius 2 is 1.63 bits per heavy atom. The second kappa shape index (κ2) is 16.6. The van der Waals surface area contributed by atoms with Crippen LogP contribution < -0.4 is 0 Å². The SMILES string of the molecule is C=CC[C@H]1C(=O)C(C)(C)[C@@H](O[Si](C)(C)C(C)(C)C)CC(=O)O[C@H](c2ccc3sc(C)nc3c2)C/C=C(\C)CCC[C@H](C)[C@@H]1O[Si](C)(C)C(C)(C)C. The fourth-order valence-electron chi connectivity index (χ4n) is 6.44. The highest BCUT2D eigenvalue weighted by Crippen LogP contribution is 2.45. The Labute approximate surface area is 316 Å². The Bertz CT molecular complexity index is 1560. The molecule has 3 rings (SSSR count). The lowest BCUT2D eigenvalue weighted by atomic mass is 9.71. The highest BCUT2D eigenvalue weighted by Gasteiger charge is 2.51. The van der Waals surface area contributed by atoms with Crippen molar-refractivity contribution in [2.75, 3.05) is 0 Å². The van der Waals surface area contributed by atoms with E-state index in [1.807, 2.05) is 26.8 Å². The summed E-state index contributed by atoms with van der Waals surface area (Å²) in [5, 5.41) is 0.863. The number of hydrogen-bond donors (Lipinski definition) is 0. The normalized spacial score (nSPS) is 26.4. The van der Waals surface area contributed by atoms with E-state index >= 15 is 4.79 Å². The van der Waals surface area contributed by atoms with Crippen molar-refractivity contribution < 1.29 is 23.2 Å². The van der Waals surface area contributed by atoms with Gasteiger partial charge in [-0.05, 0) is 99.4 Å². The summed E-state index contributed by atoms with van der Waals surface area (Å²) >= 11 is 1.66. The molecule has 0 aliphatic carbocycles. The number of ether oxygens (including phenoxy) is 1. The number of carbonyl (C=O) groups excluding carboxylic acids is 2. The minimum Gasteiger partial charge on any atom is -0.457 e. The number of allylic oxidation sites excluding steroid dienone is 2. The molecular weight excluding hydrogens is 687 g/mol. The van der Waals surface area contributed by atoms with Crippen molar-refractivity contribution in [3.05, 3.63) is 53.1 Å². The van der Waals surface area contributed by atoms with Gasteiger partial charge in [0.05, 0.1) is 33.9 Å². The van der Waals surface area contributed by atoms with Crippen LogP contribution in [0, 0.1) is 24.2 Å². The fraction of sp³-hybridized carbons (Fsp3) is 0.690. The first-order chi connectivity index (χ1) is 23.3. The van der Waals surface area contributed by atoms with Gasteiger partial charge in [-0.25, -0.2) is 4.98 Å². The van der Waals surface area contributed by atoms with E-state index in [0.29, 0.717) is 12.8 Å². The largest absolute Gasteiger partial charge is 0.457 e. The number of fused-ring (bicyclic) bond motifs is 1. The van der Waals surface area contributed by atoms with Gasteiger partial charge in [0.2, 0.25) is 0 Å². The van der Waals surface area contributed by atoms with Gasteiger partial charge in [0, 0.05) is 17.8 Å². The number of hydrogen-bond acceptors (Lipinski definition) is 7. The summed E-state index contributed by atoms with van der Waals surface area (Å²) in [5.74, 6) is -0.567. The Morgan fingerprint density at radius 1 is 1.02 bits per heavy atom. The predicted molar refractivity (Wildman–Crippen MR) is 220 cm³/mol. The lowest BCUT2D eigenvalue weighted by molar-refractivity contribution is -0.155. The molecule has 1 aliphatic rings. The van der Waals surface area contributed by atoms with E-state index in [1.165, 1.54) is 5.57 Å². The Morgan fingerprint density at radius 3 is 2.22 bits per heavy atom. The molecule has 0 amide bonds. The molecule has 2 aromatic rings. The van der Waals surface area contributed by atoms with Crippen LogP contribution in [0.15, 0.2) is 42.5 Å². The number of cyclic esters (lactones) is 1. The van der Waals surface area contributed by atoms with Gasteiger partial charge in [-0.1, -0.05) is 86.1 Å². The molecule has 0 spiro atoms. The van der Waals surface area contributed by atoms with Crippen LogP contribution in [0.5, 0.6) is 0 Å². The number of thiazole rings is 1. The maximum Gasteiger partial charge on any atom is 0.309 e. The summed E-state index contributed by atoms with van der Waals surface area (Å²) in [6.07, 6.45) is 6.55. The molecule has 0 unspecified atom stereocenters. The zero-order chi connectivity index (χ0) is 38.7. The van der Waals surface area contributed by atoms with Crippen molar-refractivity contribution in [2.45, 2.75) is 169 Å². The molecular formula is C42H69NO5SSi2. The lowest BCUT2D eigenvalue weighted by Crippen LogP contribution is -2.55. The van der Waals surface area contributed by atoms with Gasteiger partial charge in [0.15, 0.2) is 16.6 Å². The third-order valence-electron chi connectivity index (χ3n) is 12.1. The van der Waals surface area contributed by atoms with Crippen LogP contribution in [0.4, 0.5) is 0 Å². The first-order valence-electron chi connectivity index (χ1n) is 19.0. The Balaban J connectivity index is 2.18. The maximum absolute atomic E-state index is 15.2. The number of benzene rings is 1. The van der Waals surface area contributed by atoms with E-state index in [0.717, 1.165) is 40.1 Å². The summed E-state index contributed by atoms with van der Waals surface area (Å²) in [4.78, 5) is 34.1. The molecule has 1 aromatic heterocycles. The topological polar surface area (TPSA) is 74.7 Å². The molecule has 2 heterocycles. The maximum atomic E-state index is 15.2. The first kappa shape index (κ1) is 43.5. The number of ketones is 1. The van der Waals surface area contributed by atoms with E-state index in [1.54, 1.807) is 11.3 Å². The van der Waals surface area contributed by atoms with Gasteiger partial charge in [-0.2, -0.15) is 0 Å². The molecule has 1 aromatic carbocycles. The predicted octanol–water partition coefficient (Wildman–Crippen LogP) is 12.3.